The second kappa shape index (κ2) is 5.81. The molecule has 0 saturated carbocycles. The Balaban J connectivity index is 2.36. The van der Waals surface area contributed by atoms with Crippen molar-refractivity contribution in [3.8, 4) is 0 Å². The zero-order chi connectivity index (χ0) is 16.5. The summed E-state index contributed by atoms with van der Waals surface area (Å²) in [5, 5.41) is -0.495. The van der Waals surface area contributed by atoms with Crippen LogP contribution in [0.1, 0.15) is 11.1 Å². The number of hydrogen-bond acceptors (Lipinski definition) is 2. The van der Waals surface area contributed by atoms with Crippen molar-refractivity contribution in [3.05, 3.63) is 58.6 Å². The van der Waals surface area contributed by atoms with Gasteiger partial charge in [0.2, 0.25) is 0 Å². The Hall–Kier alpha value is -1.73. The third kappa shape index (κ3) is 3.72. The molecule has 1 N–H and O–H groups in total. The Labute approximate surface area is 130 Å². The van der Waals surface area contributed by atoms with E-state index in [0.717, 1.165) is 11.6 Å². The minimum Gasteiger partial charge on any atom is -0.280 e. The van der Waals surface area contributed by atoms with E-state index in [2.05, 4.69) is 4.72 Å². The van der Waals surface area contributed by atoms with E-state index in [1.807, 2.05) is 0 Å². The number of hydrogen-bond donors (Lipinski definition) is 1. The van der Waals surface area contributed by atoms with Crippen molar-refractivity contribution in [2.45, 2.75) is 18.0 Å². The topological polar surface area (TPSA) is 46.2 Å². The van der Waals surface area contributed by atoms with Crippen LogP contribution in [0.4, 0.5) is 18.9 Å². The second-order valence-electron chi connectivity index (χ2n) is 4.61. The molecule has 0 amide bonds. The van der Waals surface area contributed by atoms with E-state index in [1.54, 1.807) is 19.1 Å². The number of aryl methyl sites for hydroxylation is 1. The van der Waals surface area contributed by atoms with Gasteiger partial charge in [-0.05, 0) is 37.3 Å². The van der Waals surface area contributed by atoms with E-state index in [1.165, 1.54) is 18.2 Å². The highest BCUT2D eigenvalue weighted by atomic mass is 35.5. The van der Waals surface area contributed by atoms with E-state index in [9.17, 15) is 21.6 Å². The number of halogens is 4. The molecule has 8 heteroatoms. The normalized spacial score (nSPS) is 12.2. The lowest BCUT2D eigenvalue weighted by Gasteiger charge is -2.13. The van der Waals surface area contributed by atoms with Gasteiger partial charge >= 0.3 is 6.18 Å². The largest absolute Gasteiger partial charge is 0.417 e. The van der Waals surface area contributed by atoms with E-state index in [4.69, 9.17) is 11.6 Å². The fraction of sp³-hybridized carbons (Fsp3) is 0.143. The molecule has 0 fully saturated rings. The fourth-order valence-electron chi connectivity index (χ4n) is 1.74. The number of alkyl halides is 3. The predicted molar refractivity (Wildman–Crippen MR) is 78.4 cm³/mol. The number of anilines is 1. The number of benzene rings is 2. The lowest BCUT2D eigenvalue weighted by atomic mass is 10.2. The number of sulfonamides is 1. The zero-order valence-corrected chi connectivity index (χ0v) is 12.9. The molecule has 0 spiro atoms. The first-order chi connectivity index (χ1) is 10.1. The van der Waals surface area contributed by atoms with E-state index in [-0.39, 0.29) is 10.6 Å². The average molecular weight is 350 g/mol. The Morgan fingerprint density at radius 3 is 2.18 bits per heavy atom. The molecule has 0 radical (unpaired) electrons. The highest BCUT2D eigenvalue weighted by molar-refractivity contribution is 7.92. The molecule has 0 aliphatic carbocycles. The summed E-state index contributed by atoms with van der Waals surface area (Å²) in [5.41, 5.74) is -0.444. The van der Waals surface area contributed by atoms with E-state index in [0.29, 0.717) is 6.07 Å². The van der Waals surface area contributed by atoms with Crippen molar-refractivity contribution in [1.82, 2.24) is 0 Å². The van der Waals surface area contributed by atoms with Crippen molar-refractivity contribution in [2.75, 3.05) is 4.72 Å². The van der Waals surface area contributed by atoms with Crippen molar-refractivity contribution in [2.24, 2.45) is 0 Å². The van der Waals surface area contributed by atoms with Gasteiger partial charge in [-0.1, -0.05) is 29.3 Å². The summed E-state index contributed by atoms with van der Waals surface area (Å²) in [7, 11) is -3.97. The Kier molecular flexibility index (Phi) is 4.39. The van der Waals surface area contributed by atoms with Gasteiger partial charge in [0.1, 0.15) is 0 Å². The van der Waals surface area contributed by atoms with Crippen LogP contribution >= 0.6 is 11.6 Å². The average Bonchev–Trinajstić information content (AvgIpc) is 2.40. The first-order valence-corrected chi connectivity index (χ1v) is 7.92. The highest BCUT2D eigenvalue weighted by Gasteiger charge is 2.33. The molecular formula is C14H11ClF3NO2S. The number of nitrogens with one attached hydrogen (secondary N) is 1. The maximum atomic E-state index is 12.8. The van der Waals surface area contributed by atoms with Crippen LogP contribution < -0.4 is 4.72 Å². The summed E-state index contributed by atoms with van der Waals surface area (Å²) >= 11 is 5.49. The third-order valence-electron chi connectivity index (χ3n) is 2.86. The summed E-state index contributed by atoms with van der Waals surface area (Å²) in [6, 6.07) is 8.76. The van der Waals surface area contributed by atoms with Gasteiger partial charge in [0, 0.05) is 5.69 Å². The van der Waals surface area contributed by atoms with Crippen molar-refractivity contribution < 1.29 is 21.6 Å². The third-order valence-corrected chi connectivity index (χ3v) is 4.58. The number of rotatable bonds is 3. The van der Waals surface area contributed by atoms with Crippen LogP contribution in [0.5, 0.6) is 0 Å². The van der Waals surface area contributed by atoms with Gasteiger partial charge in [-0.2, -0.15) is 13.2 Å². The lowest BCUT2D eigenvalue weighted by Crippen LogP contribution is -2.14. The molecule has 0 bridgehead atoms. The summed E-state index contributed by atoms with van der Waals surface area (Å²) in [6.45, 7) is 1.79. The minimum atomic E-state index is -4.66. The first-order valence-electron chi connectivity index (χ1n) is 6.06. The molecule has 2 aromatic carbocycles. The minimum absolute atomic E-state index is 0.0402. The molecule has 3 nitrogen and oxygen atoms in total. The van der Waals surface area contributed by atoms with Crippen molar-refractivity contribution in [3.63, 3.8) is 0 Å². The van der Waals surface area contributed by atoms with E-state index < -0.39 is 26.8 Å². The quantitative estimate of drug-likeness (QED) is 0.888. The molecule has 2 aromatic rings. The predicted octanol–water partition coefficient (Wildman–Crippen LogP) is 4.47. The second-order valence-corrected chi connectivity index (χ2v) is 6.70. The Bertz CT molecular complexity index is 787. The molecular weight excluding hydrogens is 339 g/mol. The molecule has 0 saturated heterocycles. The maximum absolute atomic E-state index is 12.8. The lowest BCUT2D eigenvalue weighted by molar-refractivity contribution is -0.137. The van der Waals surface area contributed by atoms with Crippen LogP contribution in [0, 0.1) is 6.92 Å². The molecule has 0 unspecified atom stereocenters. The molecule has 0 heterocycles. The smallest absolute Gasteiger partial charge is 0.280 e. The highest BCUT2D eigenvalue weighted by Crippen LogP contribution is 2.36. The van der Waals surface area contributed by atoms with Crippen LogP contribution in [-0.2, 0) is 16.2 Å². The summed E-state index contributed by atoms with van der Waals surface area (Å²) in [4.78, 5) is -0.0402. The Morgan fingerprint density at radius 1 is 1.05 bits per heavy atom. The molecule has 0 aliphatic heterocycles. The van der Waals surface area contributed by atoms with Crippen LogP contribution in [0.3, 0.4) is 0 Å². The standard InChI is InChI=1S/C14H11ClF3NO2S/c1-9-2-5-11(6-3-9)22(20,21)19-10-4-7-13(15)12(8-10)14(16,17)18/h2-8,19H,1H3. The molecule has 0 aliphatic rings. The Morgan fingerprint density at radius 2 is 1.64 bits per heavy atom. The van der Waals surface area contributed by atoms with Gasteiger partial charge < -0.3 is 0 Å². The van der Waals surface area contributed by atoms with E-state index >= 15 is 0 Å². The van der Waals surface area contributed by atoms with Gasteiger partial charge in [-0.25, -0.2) is 8.42 Å². The van der Waals surface area contributed by atoms with Crippen molar-refractivity contribution >= 4 is 27.3 Å². The van der Waals surface area contributed by atoms with Crippen LogP contribution in [-0.4, -0.2) is 8.42 Å². The fourth-order valence-corrected chi connectivity index (χ4v) is 3.01. The van der Waals surface area contributed by atoms with Gasteiger partial charge in [0.15, 0.2) is 0 Å². The van der Waals surface area contributed by atoms with Gasteiger partial charge in [0.05, 0.1) is 15.5 Å². The summed E-state index contributed by atoms with van der Waals surface area (Å²) in [6.07, 6.45) is -4.66. The zero-order valence-electron chi connectivity index (χ0n) is 11.3. The van der Waals surface area contributed by atoms with Crippen LogP contribution in [0.25, 0.3) is 0 Å². The monoisotopic (exact) mass is 349 g/mol. The van der Waals surface area contributed by atoms with Gasteiger partial charge in [-0.15, -0.1) is 0 Å². The first kappa shape index (κ1) is 16.6. The molecule has 2 rings (SSSR count). The molecule has 22 heavy (non-hydrogen) atoms. The molecule has 0 aromatic heterocycles. The van der Waals surface area contributed by atoms with Crippen LogP contribution in [0.2, 0.25) is 5.02 Å². The molecule has 0 atom stereocenters. The molecule has 118 valence electrons. The summed E-state index contributed by atoms with van der Waals surface area (Å²) in [5.74, 6) is 0. The van der Waals surface area contributed by atoms with Crippen LogP contribution in [0.15, 0.2) is 47.4 Å². The maximum Gasteiger partial charge on any atom is 0.417 e. The van der Waals surface area contributed by atoms with Gasteiger partial charge in [0.25, 0.3) is 10.0 Å². The van der Waals surface area contributed by atoms with Gasteiger partial charge in [-0.3, -0.25) is 4.72 Å². The SMILES string of the molecule is Cc1ccc(S(=O)(=O)Nc2ccc(Cl)c(C(F)(F)F)c2)cc1. The van der Waals surface area contributed by atoms with Crippen molar-refractivity contribution in [1.29, 1.82) is 0 Å². The summed E-state index contributed by atoms with van der Waals surface area (Å²) < 4.78 is 64.7.